The fourth-order valence-electron chi connectivity index (χ4n) is 3.95. The van der Waals surface area contributed by atoms with Crippen LogP contribution in [-0.2, 0) is 16.0 Å². The molecule has 0 spiro atoms. The minimum absolute atomic E-state index is 0.324. The molecule has 198 valence electrons. The molecule has 9 nitrogen and oxygen atoms in total. The van der Waals surface area contributed by atoms with Gasteiger partial charge in [0.05, 0.1) is 12.8 Å². The third-order valence-corrected chi connectivity index (χ3v) is 6.08. The van der Waals surface area contributed by atoms with Crippen LogP contribution in [0.25, 0.3) is 22.7 Å². The van der Waals surface area contributed by atoms with Gasteiger partial charge in [-0.3, -0.25) is 4.90 Å². The lowest BCUT2D eigenvalue weighted by Crippen LogP contribution is -2.49. The lowest BCUT2D eigenvalue weighted by molar-refractivity contribution is 0.0549. The lowest BCUT2D eigenvalue weighted by Gasteiger charge is -2.36. The van der Waals surface area contributed by atoms with Crippen molar-refractivity contribution in [1.82, 2.24) is 20.4 Å². The van der Waals surface area contributed by atoms with Crippen LogP contribution in [0.5, 0.6) is 0 Å². The monoisotopic (exact) mass is 571 g/mol. The summed E-state index contributed by atoms with van der Waals surface area (Å²) in [6.45, 7) is 13.6. The molecular weight excluding hydrogens is 538 g/mol. The first-order chi connectivity index (χ1) is 17.4. The zero-order valence-corrected chi connectivity index (χ0v) is 23.8. The van der Waals surface area contributed by atoms with Crippen LogP contribution >= 0.6 is 15.9 Å². The molecule has 0 unspecified atom stereocenters. The number of aromatic nitrogens is 3. The van der Waals surface area contributed by atoms with Crippen LogP contribution < -0.4 is 10.2 Å². The SMILES string of the molecule is CC(C)(C)OC(=O)N(c1ncc(Br)nc1-c1cc(-c2ccc(CN[C@H]3CCOC3)cc2)no1)C(C)(C)C. The van der Waals surface area contributed by atoms with Crippen LogP contribution in [0.1, 0.15) is 53.5 Å². The van der Waals surface area contributed by atoms with E-state index in [-0.39, 0.29) is 0 Å². The average molecular weight is 573 g/mol. The minimum Gasteiger partial charge on any atom is -0.443 e. The first-order valence-corrected chi connectivity index (χ1v) is 13.1. The third kappa shape index (κ3) is 6.94. The average Bonchev–Trinajstić information content (AvgIpc) is 3.49. The Morgan fingerprint density at radius 3 is 2.54 bits per heavy atom. The molecule has 1 fully saturated rings. The molecule has 0 radical (unpaired) electrons. The van der Waals surface area contributed by atoms with E-state index in [1.807, 2.05) is 53.7 Å². The van der Waals surface area contributed by atoms with Gasteiger partial charge in [-0.25, -0.2) is 14.8 Å². The Bertz CT molecular complexity index is 1220. The molecule has 10 heteroatoms. The van der Waals surface area contributed by atoms with Crippen molar-refractivity contribution in [2.45, 2.75) is 71.7 Å². The van der Waals surface area contributed by atoms with Gasteiger partial charge in [0.15, 0.2) is 17.3 Å². The molecule has 1 saturated heterocycles. The number of nitrogens with one attached hydrogen (secondary N) is 1. The molecule has 3 heterocycles. The fraction of sp³-hybridized carbons (Fsp3) is 0.481. The van der Waals surface area contributed by atoms with Gasteiger partial charge in [0, 0.05) is 36.4 Å². The summed E-state index contributed by atoms with van der Waals surface area (Å²) < 4.78 is 17.3. The molecule has 1 amide bonds. The highest BCUT2D eigenvalue weighted by Gasteiger charge is 2.36. The summed E-state index contributed by atoms with van der Waals surface area (Å²) in [6, 6.07) is 10.4. The Morgan fingerprint density at radius 2 is 1.92 bits per heavy atom. The first kappa shape index (κ1) is 27.2. The van der Waals surface area contributed by atoms with Gasteiger partial charge in [0.2, 0.25) is 0 Å². The van der Waals surface area contributed by atoms with Crippen molar-refractivity contribution in [1.29, 1.82) is 0 Å². The smallest absolute Gasteiger partial charge is 0.416 e. The molecule has 0 aliphatic carbocycles. The number of rotatable bonds is 6. The molecule has 3 aromatic rings. The highest BCUT2D eigenvalue weighted by molar-refractivity contribution is 9.10. The van der Waals surface area contributed by atoms with Gasteiger partial charge in [-0.15, -0.1) is 0 Å². The molecule has 1 aliphatic rings. The Kier molecular flexibility index (Phi) is 8.01. The summed E-state index contributed by atoms with van der Waals surface area (Å²) in [5.41, 5.74) is 1.82. The van der Waals surface area contributed by atoms with Crippen LogP contribution in [0.4, 0.5) is 10.6 Å². The molecule has 4 rings (SSSR count). The second kappa shape index (κ2) is 10.9. The van der Waals surface area contributed by atoms with E-state index in [2.05, 4.69) is 48.5 Å². The van der Waals surface area contributed by atoms with Crippen LogP contribution in [0.15, 0.2) is 45.7 Å². The Balaban J connectivity index is 1.60. The number of hydrogen-bond acceptors (Lipinski definition) is 8. The van der Waals surface area contributed by atoms with Crippen molar-refractivity contribution < 1.29 is 18.8 Å². The number of nitrogens with zero attached hydrogens (tertiary/aromatic N) is 4. The summed E-state index contributed by atoms with van der Waals surface area (Å²) in [5, 5.41) is 7.79. The van der Waals surface area contributed by atoms with Crippen molar-refractivity contribution in [3.05, 3.63) is 46.7 Å². The van der Waals surface area contributed by atoms with E-state index in [1.165, 1.54) is 10.5 Å². The van der Waals surface area contributed by atoms with Crippen molar-refractivity contribution in [3.8, 4) is 22.7 Å². The second-order valence-corrected chi connectivity index (χ2v) is 11.9. The number of ether oxygens (including phenoxy) is 2. The Labute approximate surface area is 226 Å². The summed E-state index contributed by atoms with van der Waals surface area (Å²) in [4.78, 5) is 23.9. The molecular formula is C27H34BrN5O4. The van der Waals surface area contributed by atoms with Gasteiger partial charge in [-0.2, -0.15) is 0 Å². The molecule has 1 N–H and O–H groups in total. The second-order valence-electron chi connectivity index (χ2n) is 11.1. The van der Waals surface area contributed by atoms with Crippen molar-refractivity contribution in [3.63, 3.8) is 0 Å². The van der Waals surface area contributed by atoms with E-state index in [1.54, 1.807) is 12.3 Å². The first-order valence-electron chi connectivity index (χ1n) is 12.3. The Morgan fingerprint density at radius 1 is 1.19 bits per heavy atom. The number of anilines is 1. The van der Waals surface area contributed by atoms with Crippen LogP contribution in [-0.4, -0.2) is 51.6 Å². The van der Waals surface area contributed by atoms with E-state index in [0.717, 1.165) is 31.7 Å². The van der Waals surface area contributed by atoms with Gasteiger partial charge in [-0.05, 0) is 69.5 Å². The van der Waals surface area contributed by atoms with Gasteiger partial charge >= 0.3 is 6.09 Å². The maximum Gasteiger partial charge on any atom is 0.416 e. The highest BCUT2D eigenvalue weighted by atomic mass is 79.9. The number of halogens is 1. The lowest BCUT2D eigenvalue weighted by atomic mass is 10.1. The zero-order chi connectivity index (χ0) is 26.8. The van der Waals surface area contributed by atoms with Gasteiger partial charge in [0.25, 0.3) is 0 Å². The maximum absolute atomic E-state index is 13.2. The molecule has 0 saturated carbocycles. The molecule has 1 aliphatic heterocycles. The maximum atomic E-state index is 13.2. The minimum atomic E-state index is -0.671. The van der Waals surface area contributed by atoms with E-state index in [4.69, 9.17) is 14.0 Å². The zero-order valence-electron chi connectivity index (χ0n) is 22.2. The van der Waals surface area contributed by atoms with E-state index in [9.17, 15) is 4.79 Å². The fourth-order valence-corrected chi connectivity index (χ4v) is 4.23. The number of carbonyl (C=O) groups is 1. The van der Waals surface area contributed by atoms with Crippen LogP contribution in [0.3, 0.4) is 0 Å². The summed E-state index contributed by atoms with van der Waals surface area (Å²) in [6.07, 6.45) is 2.07. The number of amides is 1. The molecule has 2 aromatic heterocycles. The predicted octanol–water partition coefficient (Wildman–Crippen LogP) is 5.98. The molecule has 0 bridgehead atoms. The summed E-state index contributed by atoms with van der Waals surface area (Å²) in [5.74, 6) is 0.716. The molecule has 37 heavy (non-hydrogen) atoms. The quantitative estimate of drug-likeness (QED) is 0.385. The normalized spacial score (nSPS) is 16.1. The van der Waals surface area contributed by atoms with Crippen molar-refractivity contribution >= 4 is 27.8 Å². The highest BCUT2D eigenvalue weighted by Crippen LogP contribution is 2.35. The third-order valence-electron chi connectivity index (χ3n) is 5.70. The van der Waals surface area contributed by atoms with Gasteiger partial charge in [-0.1, -0.05) is 29.4 Å². The van der Waals surface area contributed by atoms with Crippen LogP contribution in [0.2, 0.25) is 0 Å². The summed E-state index contributed by atoms with van der Waals surface area (Å²) in [7, 11) is 0. The van der Waals surface area contributed by atoms with E-state index in [0.29, 0.717) is 33.6 Å². The number of benzene rings is 1. The topological polar surface area (TPSA) is 103 Å². The van der Waals surface area contributed by atoms with Crippen LogP contribution in [0, 0.1) is 0 Å². The number of carbonyl (C=O) groups excluding carboxylic acids is 1. The molecule has 1 aromatic carbocycles. The van der Waals surface area contributed by atoms with Gasteiger partial charge in [0.1, 0.15) is 15.9 Å². The molecule has 1 atom stereocenters. The van der Waals surface area contributed by atoms with Gasteiger partial charge < -0.3 is 19.3 Å². The Hall–Kier alpha value is -2.82. The number of hydrogen-bond donors (Lipinski definition) is 1. The van der Waals surface area contributed by atoms with E-state index < -0.39 is 17.2 Å². The van der Waals surface area contributed by atoms with Crippen molar-refractivity contribution in [2.24, 2.45) is 0 Å². The standard InChI is InChI=1S/C27H34BrN5O4/c1-26(2,3)33(25(34)36-27(4,5)6)24-23(31-22(28)15-30-24)21-13-20(32-37-21)18-9-7-17(8-10-18)14-29-19-11-12-35-16-19/h7-10,13,15,19,29H,11-12,14,16H2,1-6H3/t19-/m0/s1. The largest absolute Gasteiger partial charge is 0.443 e. The van der Waals surface area contributed by atoms with E-state index >= 15 is 0 Å². The van der Waals surface area contributed by atoms with Crippen molar-refractivity contribution in [2.75, 3.05) is 18.1 Å². The summed E-state index contributed by atoms with van der Waals surface area (Å²) >= 11 is 3.39. The predicted molar refractivity (Wildman–Crippen MR) is 145 cm³/mol.